The van der Waals surface area contributed by atoms with Crippen LogP contribution in [-0.2, 0) is 52.5 Å². The number of nitriles is 1. The van der Waals surface area contributed by atoms with Crippen LogP contribution in [0.3, 0.4) is 0 Å². The van der Waals surface area contributed by atoms with Crippen LogP contribution in [0.5, 0.6) is 0 Å². The molecule has 180 valence electrons. The van der Waals surface area contributed by atoms with Gasteiger partial charge in [0.05, 0.1) is 37.2 Å². The molecule has 0 bridgehead atoms. The summed E-state index contributed by atoms with van der Waals surface area (Å²) in [6, 6.07) is 13.8. The fraction of sp³-hybridized carbons (Fsp3) is 0.235. The Hall–Kier alpha value is -1.60. The Morgan fingerprint density at radius 1 is 0.871 bits per heavy atom. The maximum Gasteiger partial charge on any atom is 2.00 e. The van der Waals surface area contributed by atoms with E-state index >= 15 is 0 Å². The average molecular weight is 699 g/mol. The van der Waals surface area contributed by atoms with E-state index in [9.17, 15) is 25.2 Å². The monoisotopic (exact) mass is 698 g/mol. The number of hydrogen-bond acceptors (Lipinski definition) is 5. The topological polar surface area (TPSA) is 56.1 Å². The van der Waals surface area contributed by atoms with E-state index in [2.05, 4.69) is 44.3 Å². The first kappa shape index (κ1) is 31.6. The van der Waals surface area contributed by atoms with Crippen LogP contribution < -0.4 is 0 Å². The molecule has 0 saturated carbocycles. The summed E-state index contributed by atoms with van der Waals surface area (Å²) in [4.78, 5) is 13.2. The van der Waals surface area contributed by atoms with Crippen molar-refractivity contribution in [1.82, 2.24) is 19.8 Å². The molecule has 2 radical (unpaired) electrons. The summed E-state index contributed by atoms with van der Waals surface area (Å²) in [6.07, 6.45) is 7.89. The van der Waals surface area contributed by atoms with Crippen molar-refractivity contribution < 1.29 is 64.6 Å². The maximum absolute atomic E-state index is 10.7. The average Bonchev–Trinajstić information content (AvgIpc) is 3.01. The number of hydrogen-bond donors (Lipinski definition) is 0. The van der Waals surface area contributed by atoms with Crippen molar-refractivity contribution in [2.75, 3.05) is 6.67 Å². The molecule has 2 aromatic heterocycles. The first-order valence-corrected chi connectivity index (χ1v) is 10.1. The standard InChI is InChI=1S/C15H16N4.C2H3N.Au.Cu.F6P/c1-3-7-16-14(5-1)11-18-9-10-19(13-18)12-15-6-2-4-8-17-15;1-2-3;;;1-7(2,3,4,5)6/h1-10H,11-13H2;1H3;;;/q;;;+2;-1. The zero-order chi connectivity index (χ0) is 22.0. The van der Waals surface area contributed by atoms with Crippen molar-refractivity contribution in [3.63, 3.8) is 0 Å². The zero-order valence-electron chi connectivity index (χ0n) is 15.9. The van der Waals surface area contributed by atoms with E-state index in [0.29, 0.717) is 0 Å². The molecular formula is C17H19AuCuF6N5P+. The second kappa shape index (κ2) is 12.4. The molecule has 0 amide bonds. The third-order valence-electron chi connectivity index (χ3n) is 3.03. The summed E-state index contributed by atoms with van der Waals surface area (Å²) in [5.74, 6) is 0. The van der Waals surface area contributed by atoms with Gasteiger partial charge in [0.25, 0.3) is 0 Å². The Balaban J connectivity index is 0. The van der Waals surface area contributed by atoms with Crippen molar-refractivity contribution >= 4 is 7.81 Å². The zero-order valence-corrected chi connectivity index (χ0v) is 20.0. The van der Waals surface area contributed by atoms with E-state index in [1.54, 1.807) is 6.07 Å². The smallest absolute Gasteiger partial charge is 0 e. The second-order valence-corrected chi connectivity index (χ2v) is 7.67. The van der Waals surface area contributed by atoms with Gasteiger partial charge < -0.3 is 9.80 Å². The molecule has 0 aromatic carbocycles. The molecule has 1 aliphatic rings. The van der Waals surface area contributed by atoms with E-state index < -0.39 is 7.81 Å². The van der Waals surface area contributed by atoms with Gasteiger partial charge in [-0.3, -0.25) is 9.97 Å². The van der Waals surface area contributed by atoms with Crippen molar-refractivity contribution in [3.8, 4) is 6.07 Å². The largest absolute Gasteiger partial charge is 2.00 e. The summed E-state index contributed by atoms with van der Waals surface area (Å²) >= 11 is 0. The molecule has 0 aliphatic carbocycles. The molecule has 0 saturated heterocycles. The normalized spacial score (nSPS) is 14.1. The Morgan fingerprint density at radius 2 is 1.19 bits per heavy atom. The van der Waals surface area contributed by atoms with Gasteiger partial charge in [0, 0.05) is 54.1 Å². The predicted octanol–water partition coefficient (Wildman–Crippen LogP) is 6.13. The molecule has 0 N–H and O–H groups in total. The summed E-state index contributed by atoms with van der Waals surface area (Å²) in [7, 11) is -10.7. The van der Waals surface area contributed by atoms with Crippen molar-refractivity contribution in [2.24, 2.45) is 0 Å². The summed E-state index contributed by atoms with van der Waals surface area (Å²) < 4.78 is 59.2. The maximum atomic E-state index is 9.87. The van der Waals surface area contributed by atoms with Gasteiger partial charge in [-0.2, -0.15) is 5.26 Å². The minimum atomic E-state index is -10.7. The summed E-state index contributed by atoms with van der Waals surface area (Å²) in [5, 5.41) is 7.32. The molecule has 1 aliphatic heterocycles. The number of nitrogens with zero attached hydrogens (tertiary/aromatic N) is 5. The Labute approximate surface area is 202 Å². The molecule has 14 heteroatoms. The number of rotatable bonds is 4. The number of aromatic nitrogens is 2. The van der Waals surface area contributed by atoms with Crippen LogP contribution >= 0.6 is 7.81 Å². The van der Waals surface area contributed by atoms with Gasteiger partial charge in [-0.15, -0.1) is 0 Å². The first-order valence-electron chi connectivity index (χ1n) is 8.10. The van der Waals surface area contributed by atoms with Crippen LogP contribution in [0.2, 0.25) is 0 Å². The SMILES string of the molecule is C1=CN(Cc2ccccn2)CN1Cc1ccccn1.CC#N.F[P-](F)(F)(F)(F)F.[Au].[Cu+2]. The van der Waals surface area contributed by atoms with Crippen LogP contribution in [0, 0.1) is 11.3 Å². The van der Waals surface area contributed by atoms with Gasteiger partial charge in [-0.05, 0) is 24.3 Å². The molecule has 2 aromatic rings. The molecule has 5 nitrogen and oxygen atoms in total. The molecule has 0 atom stereocenters. The minimum absolute atomic E-state index is 0. The molecule has 0 unspecified atom stereocenters. The number of halogens is 6. The predicted molar refractivity (Wildman–Crippen MR) is 98.4 cm³/mol. The van der Waals surface area contributed by atoms with Crippen molar-refractivity contribution in [3.05, 3.63) is 72.6 Å². The quantitative estimate of drug-likeness (QED) is 0.219. The van der Waals surface area contributed by atoms with Gasteiger partial charge in [0.15, 0.2) is 0 Å². The van der Waals surface area contributed by atoms with Gasteiger partial charge >= 0.3 is 50.1 Å². The molecule has 3 heterocycles. The van der Waals surface area contributed by atoms with Crippen LogP contribution in [-0.4, -0.2) is 26.4 Å². The summed E-state index contributed by atoms with van der Waals surface area (Å²) in [5.41, 5.74) is 2.18. The van der Waals surface area contributed by atoms with Gasteiger partial charge in [0.1, 0.15) is 0 Å². The third-order valence-corrected chi connectivity index (χ3v) is 3.03. The van der Waals surface area contributed by atoms with Crippen LogP contribution in [0.1, 0.15) is 18.3 Å². The van der Waals surface area contributed by atoms with Gasteiger partial charge in [-0.25, -0.2) is 0 Å². The van der Waals surface area contributed by atoms with Crippen LogP contribution in [0.15, 0.2) is 61.2 Å². The molecule has 31 heavy (non-hydrogen) atoms. The Bertz CT molecular complexity index is 774. The first-order chi connectivity index (χ1) is 13.3. The van der Waals surface area contributed by atoms with Crippen molar-refractivity contribution in [2.45, 2.75) is 20.0 Å². The van der Waals surface area contributed by atoms with E-state index in [0.717, 1.165) is 31.1 Å². The van der Waals surface area contributed by atoms with E-state index in [4.69, 9.17) is 5.26 Å². The molecule has 0 fully saturated rings. The molecule has 3 rings (SSSR count). The Kier molecular flexibility index (Phi) is 12.7. The van der Waals surface area contributed by atoms with E-state index in [1.807, 2.05) is 36.7 Å². The molecular weight excluding hydrogens is 680 g/mol. The second-order valence-electron chi connectivity index (χ2n) is 5.76. The third kappa shape index (κ3) is 20.1. The van der Waals surface area contributed by atoms with Gasteiger partial charge in [0.2, 0.25) is 0 Å². The number of pyridine rings is 2. The fourth-order valence-electron chi connectivity index (χ4n) is 2.12. The summed E-state index contributed by atoms with van der Waals surface area (Å²) in [6.45, 7) is 4.00. The van der Waals surface area contributed by atoms with Crippen molar-refractivity contribution in [1.29, 1.82) is 5.26 Å². The van der Waals surface area contributed by atoms with Crippen LogP contribution in [0.25, 0.3) is 0 Å². The molecule has 0 spiro atoms. The Morgan fingerprint density at radius 3 is 1.45 bits per heavy atom. The van der Waals surface area contributed by atoms with E-state index in [1.165, 1.54) is 6.92 Å². The minimum Gasteiger partial charge on any atom is 0 e. The van der Waals surface area contributed by atoms with E-state index in [-0.39, 0.29) is 39.4 Å². The van der Waals surface area contributed by atoms with Crippen LogP contribution in [0.4, 0.5) is 25.2 Å². The fourth-order valence-corrected chi connectivity index (χ4v) is 2.12. The van der Waals surface area contributed by atoms with Gasteiger partial charge in [-0.1, -0.05) is 12.1 Å².